The smallest absolute Gasteiger partial charge is 0.209 e. The molecule has 6 heteroatoms. The summed E-state index contributed by atoms with van der Waals surface area (Å²) < 4.78 is 28.1. The minimum atomic E-state index is -3.61. The monoisotopic (exact) mass is 429 g/mol. The predicted octanol–water partition coefficient (Wildman–Crippen LogP) is 5.60. The van der Waals surface area contributed by atoms with Crippen LogP contribution in [0.2, 0.25) is 0 Å². The average Bonchev–Trinajstić information content (AvgIpc) is 3.23. The van der Waals surface area contributed by atoms with E-state index < -0.39 is 14.8 Å². The van der Waals surface area contributed by atoms with E-state index in [1.807, 2.05) is 60.8 Å². The summed E-state index contributed by atoms with van der Waals surface area (Å²) >= 11 is 3.27. The molecule has 0 spiro atoms. The van der Waals surface area contributed by atoms with E-state index in [0.717, 1.165) is 16.0 Å². The van der Waals surface area contributed by atoms with Crippen molar-refractivity contribution in [2.45, 2.75) is 27.9 Å². The van der Waals surface area contributed by atoms with Gasteiger partial charge in [-0.2, -0.15) is 11.3 Å². The molecule has 146 valence electrons. The molecule has 1 unspecified atom stereocenters. The third kappa shape index (κ3) is 4.94. The number of allylic oxidation sites excluding steroid dienone is 1. The maximum atomic E-state index is 12.9. The van der Waals surface area contributed by atoms with Crippen LogP contribution in [0.15, 0.2) is 93.9 Å². The van der Waals surface area contributed by atoms with Gasteiger partial charge in [-0.3, -0.25) is 0 Å². The summed E-state index contributed by atoms with van der Waals surface area (Å²) in [7, 11) is -3.61. The highest BCUT2D eigenvalue weighted by molar-refractivity contribution is 8.00. The molecule has 0 saturated heterocycles. The van der Waals surface area contributed by atoms with Gasteiger partial charge in [0.25, 0.3) is 0 Å². The van der Waals surface area contributed by atoms with Gasteiger partial charge in [0.15, 0.2) is 0 Å². The minimum absolute atomic E-state index is 0.269. The fourth-order valence-corrected chi connectivity index (χ4v) is 6.26. The first-order chi connectivity index (χ1) is 13.5. The van der Waals surface area contributed by atoms with Gasteiger partial charge >= 0.3 is 0 Å². The molecule has 0 aliphatic rings. The van der Waals surface area contributed by atoms with Crippen molar-refractivity contribution in [1.29, 1.82) is 0 Å². The number of benzene rings is 2. The first-order valence-corrected chi connectivity index (χ1v) is 12.1. The van der Waals surface area contributed by atoms with Gasteiger partial charge in [-0.25, -0.2) is 13.1 Å². The molecule has 3 nitrogen and oxygen atoms in total. The van der Waals surface area contributed by atoms with Crippen LogP contribution in [-0.2, 0) is 14.8 Å². The largest absolute Gasteiger partial charge is 0.240 e. The second-order valence-corrected chi connectivity index (χ2v) is 10.6. The zero-order chi connectivity index (χ0) is 20.0. The van der Waals surface area contributed by atoms with Crippen molar-refractivity contribution >= 4 is 33.1 Å². The lowest BCUT2D eigenvalue weighted by molar-refractivity contribution is 0.557. The molecule has 0 aliphatic heterocycles. The van der Waals surface area contributed by atoms with Crippen LogP contribution < -0.4 is 4.72 Å². The number of hydrogen-bond acceptors (Lipinski definition) is 4. The topological polar surface area (TPSA) is 46.2 Å². The van der Waals surface area contributed by atoms with Crippen molar-refractivity contribution in [2.24, 2.45) is 0 Å². The standard InChI is InChI=1S/C22H23NO2S3/c1-3-14-22(19-13-15-26-16-19,27-20-7-5-4-6-8-20)17-23-28(24,25)21-11-9-18(2)10-12-21/h3-13,15-16,23H,1,14,17H2,2H3. The summed E-state index contributed by atoms with van der Waals surface area (Å²) in [5, 5.41) is 4.10. The minimum Gasteiger partial charge on any atom is -0.209 e. The summed E-state index contributed by atoms with van der Waals surface area (Å²) in [5.74, 6) is 0. The Bertz CT molecular complexity index is 998. The molecule has 0 fully saturated rings. The normalized spacial score (nSPS) is 13.8. The highest BCUT2D eigenvalue weighted by Crippen LogP contribution is 2.45. The quantitative estimate of drug-likeness (QED) is 0.356. The van der Waals surface area contributed by atoms with E-state index >= 15 is 0 Å². The fraction of sp³-hybridized carbons (Fsp3) is 0.182. The average molecular weight is 430 g/mol. The van der Waals surface area contributed by atoms with Crippen molar-refractivity contribution in [2.75, 3.05) is 6.54 Å². The van der Waals surface area contributed by atoms with E-state index in [9.17, 15) is 8.42 Å². The van der Waals surface area contributed by atoms with Crippen molar-refractivity contribution in [3.63, 3.8) is 0 Å². The number of sulfonamides is 1. The third-order valence-electron chi connectivity index (χ3n) is 4.46. The Balaban J connectivity index is 1.92. The van der Waals surface area contributed by atoms with E-state index in [-0.39, 0.29) is 11.4 Å². The molecule has 2 aromatic carbocycles. The van der Waals surface area contributed by atoms with Gasteiger partial charge in [-0.1, -0.05) is 42.0 Å². The molecule has 0 saturated carbocycles. The lowest BCUT2D eigenvalue weighted by atomic mass is 9.97. The summed E-state index contributed by atoms with van der Waals surface area (Å²) in [5.41, 5.74) is 2.12. The highest BCUT2D eigenvalue weighted by Gasteiger charge is 2.34. The van der Waals surface area contributed by atoms with E-state index in [4.69, 9.17) is 0 Å². The molecule has 28 heavy (non-hydrogen) atoms. The zero-order valence-corrected chi connectivity index (χ0v) is 18.1. The molecule has 0 bridgehead atoms. The van der Waals surface area contributed by atoms with Gasteiger partial charge in [-0.15, -0.1) is 18.3 Å². The Labute approximate surface area is 175 Å². The number of rotatable bonds is 9. The maximum Gasteiger partial charge on any atom is 0.240 e. The van der Waals surface area contributed by atoms with Crippen LogP contribution in [0.5, 0.6) is 0 Å². The van der Waals surface area contributed by atoms with Crippen LogP contribution in [0.25, 0.3) is 0 Å². The van der Waals surface area contributed by atoms with Gasteiger partial charge in [0.1, 0.15) is 0 Å². The van der Waals surface area contributed by atoms with E-state index in [2.05, 4.69) is 22.7 Å². The van der Waals surface area contributed by atoms with Crippen molar-refractivity contribution < 1.29 is 8.42 Å². The van der Waals surface area contributed by atoms with Gasteiger partial charge in [0.05, 0.1) is 9.64 Å². The van der Waals surface area contributed by atoms with Crippen LogP contribution in [0, 0.1) is 6.92 Å². The van der Waals surface area contributed by atoms with Crippen molar-refractivity contribution in [1.82, 2.24) is 4.72 Å². The van der Waals surface area contributed by atoms with Gasteiger partial charge in [0.2, 0.25) is 10.0 Å². The molecule has 0 aliphatic carbocycles. The van der Waals surface area contributed by atoms with E-state index in [1.54, 1.807) is 35.2 Å². The van der Waals surface area contributed by atoms with Crippen LogP contribution in [0.3, 0.4) is 0 Å². The molecular weight excluding hydrogens is 406 g/mol. The van der Waals surface area contributed by atoms with Crippen LogP contribution >= 0.6 is 23.1 Å². The van der Waals surface area contributed by atoms with Gasteiger partial charge < -0.3 is 0 Å². The Morgan fingerprint density at radius 2 is 1.82 bits per heavy atom. The number of thiophene rings is 1. The SMILES string of the molecule is C=CCC(CNS(=O)(=O)c1ccc(C)cc1)(Sc1ccccc1)c1ccsc1. The summed E-state index contributed by atoms with van der Waals surface area (Å²) in [6, 6.07) is 19.0. The zero-order valence-electron chi connectivity index (χ0n) is 15.7. The Kier molecular flexibility index (Phi) is 6.78. The molecule has 1 heterocycles. The fourth-order valence-electron chi connectivity index (χ4n) is 2.91. The molecular formula is C22H23NO2S3. The van der Waals surface area contributed by atoms with Crippen LogP contribution in [-0.4, -0.2) is 15.0 Å². The number of hydrogen-bond donors (Lipinski definition) is 1. The predicted molar refractivity (Wildman–Crippen MR) is 119 cm³/mol. The molecule has 0 radical (unpaired) electrons. The van der Waals surface area contributed by atoms with Crippen molar-refractivity contribution in [3.8, 4) is 0 Å². The number of thioether (sulfide) groups is 1. The van der Waals surface area contributed by atoms with Crippen LogP contribution in [0.1, 0.15) is 17.5 Å². The van der Waals surface area contributed by atoms with Crippen molar-refractivity contribution in [3.05, 3.63) is 95.2 Å². The number of nitrogens with one attached hydrogen (secondary N) is 1. The highest BCUT2D eigenvalue weighted by atomic mass is 32.2. The molecule has 1 atom stereocenters. The summed E-state index contributed by atoms with van der Waals surface area (Å²) in [6.45, 7) is 6.13. The Morgan fingerprint density at radius 3 is 2.43 bits per heavy atom. The van der Waals surface area contributed by atoms with Crippen LogP contribution in [0.4, 0.5) is 0 Å². The van der Waals surface area contributed by atoms with E-state index in [1.165, 1.54) is 0 Å². The molecule has 1 N–H and O–H groups in total. The molecule has 0 amide bonds. The molecule has 3 rings (SSSR count). The third-order valence-corrected chi connectivity index (χ3v) is 8.00. The maximum absolute atomic E-state index is 12.9. The lowest BCUT2D eigenvalue weighted by Gasteiger charge is -2.32. The first-order valence-electron chi connectivity index (χ1n) is 8.89. The second kappa shape index (κ2) is 9.09. The van der Waals surface area contributed by atoms with E-state index in [0.29, 0.717) is 6.42 Å². The second-order valence-electron chi connectivity index (χ2n) is 6.55. The lowest BCUT2D eigenvalue weighted by Crippen LogP contribution is -2.38. The number of aryl methyl sites for hydroxylation is 1. The first kappa shape index (κ1) is 20.9. The molecule has 3 aromatic rings. The Morgan fingerprint density at radius 1 is 1.11 bits per heavy atom. The van der Waals surface area contributed by atoms with Gasteiger partial charge in [0, 0.05) is 11.4 Å². The van der Waals surface area contributed by atoms with Gasteiger partial charge in [-0.05, 0) is 60.0 Å². The summed E-state index contributed by atoms with van der Waals surface area (Å²) in [6.07, 6.45) is 2.49. The Hall–Kier alpha value is -1.86. The molecule has 1 aromatic heterocycles. The summed E-state index contributed by atoms with van der Waals surface area (Å²) in [4.78, 5) is 1.37.